The van der Waals surface area contributed by atoms with Crippen molar-refractivity contribution < 1.29 is 8.22 Å². The number of fused-ring (bicyclic) bond motifs is 18. The van der Waals surface area contributed by atoms with Crippen LogP contribution in [-0.2, 0) is 5.41 Å². The van der Waals surface area contributed by atoms with E-state index in [-0.39, 0.29) is 11.1 Å². The second-order valence-corrected chi connectivity index (χ2v) is 17.9. The van der Waals surface area contributed by atoms with Gasteiger partial charge in [-0.15, -0.1) is 0 Å². The van der Waals surface area contributed by atoms with Crippen LogP contribution in [0.2, 0.25) is 0 Å². The van der Waals surface area contributed by atoms with E-state index in [2.05, 4.69) is 112 Å². The molecule has 0 amide bonds. The van der Waals surface area contributed by atoms with Crippen molar-refractivity contribution in [1.82, 2.24) is 27.9 Å². The van der Waals surface area contributed by atoms with Gasteiger partial charge in [0.05, 0.1) is 60.9 Å². The molecule has 8 aromatic carbocycles. The maximum Gasteiger partial charge on any atom is 0.220 e. The fourth-order valence-corrected chi connectivity index (χ4v) is 12.8. The smallest absolute Gasteiger partial charge is 0.220 e. The number of hydrogen-bond donors (Lipinski definition) is 0. The van der Waals surface area contributed by atoms with E-state index in [0.717, 1.165) is 37.5 Å². The standard InChI is InChI=1S/C53H34N6S2/c1-31-15-13-24-42-48(31)54-51-56(38-20-6-7-21-39(38)57(42)51)33-29-32(2)49-44(30-33)59-41-23-9-8-22-40(41)58(52(59)55-49)43-25-14-19-37-50(43)61-47-28-12-5-18-36(47)53(37)34-16-3-10-26-45(34)60-46-27-11-4-17-35(46)53/h3-30H,1-2H3/i1D3,2D3. The topological polar surface area (TPSA) is 44.5 Å². The minimum Gasteiger partial charge on any atom is -0.278 e. The van der Waals surface area contributed by atoms with Crippen LogP contribution in [0, 0.1) is 13.7 Å². The van der Waals surface area contributed by atoms with E-state index in [1.165, 1.54) is 32.0 Å². The minimum absolute atomic E-state index is 0.0971. The summed E-state index contributed by atoms with van der Waals surface area (Å²) in [6.07, 6.45) is 0. The minimum atomic E-state index is -2.56. The van der Waals surface area contributed by atoms with Crippen molar-refractivity contribution >= 4 is 79.2 Å². The highest BCUT2D eigenvalue weighted by molar-refractivity contribution is 8.00. The average molecular weight is 825 g/mol. The first kappa shape index (κ1) is 28.5. The first-order valence-electron chi connectivity index (χ1n) is 23.2. The number of rotatable bonds is 2. The Morgan fingerprint density at radius 2 is 0.951 bits per heavy atom. The predicted molar refractivity (Wildman–Crippen MR) is 249 cm³/mol. The second-order valence-electron chi connectivity index (χ2n) is 15.8. The van der Waals surface area contributed by atoms with Gasteiger partial charge in [0.2, 0.25) is 11.6 Å². The molecule has 0 unspecified atom stereocenters. The first-order valence-corrected chi connectivity index (χ1v) is 21.8. The molecule has 12 aromatic rings. The molecule has 0 saturated heterocycles. The highest BCUT2D eigenvalue weighted by Crippen LogP contribution is 2.62. The van der Waals surface area contributed by atoms with Crippen LogP contribution in [0.4, 0.5) is 0 Å². The number of benzene rings is 8. The third-order valence-corrected chi connectivity index (χ3v) is 15.1. The highest BCUT2D eigenvalue weighted by Gasteiger charge is 2.49. The normalized spacial score (nSPS) is 15.9. The Balaban J connectivity index is 1.08. The van der Waals surface area contributed by atoms with Crippen LogP contribution in [0.5, 0.6) is 0 Å². The van der Waals surface area contributed by atoms with Gasteiger partial charge in [0, 0.05) is 27.8 Å². The summed E-state index contributed by atoms with van der Waals surface area (Å²) in [4.78, 5) is 15.1. The Hall–Kier alpha value is -7.00. The monoisotopic (exact) mass is 824 g/mol. The molecule has 0 aliphatic carbocycles. The average Bonchev–Trinajstić information content (AvgIpc) is 4.07. The lowest BCUT2D eigenvalue weighted by atomic mass is 9.64. The van der Waals surface area contributed by atoms with Crippen LogP contribution in [0.3, 0.4) is 0 Å². The quantitative estimate of drug-likeness (QED) is 0.174. The number of aromatic nitrogens is 6. The number of aryl methyl sites for hydroxylation is 2. The van der Waals surface area contributed by atoms with Gasteiger partial charge in [0.1, 0.15) is 0 Å². The Kier molecular flexibility index (Phi) is 5.63. The fourth-order valence-electron chi connectivity index (χ4n) is 10.3. The zero-order chi connectivity index (χ0) is 45.1. The van der Waals surface area contributed by atoms with Gasteiger partial charge >= 0.3 is 0 Å². The van der Waals surface area contributed by atoms with Gasteiger partial charge in [-0.2, -0.15) is 0 Å². The van der Waals surface area contributed by atoms with E-state index in [1.54, 1.807) is 30.0 Å². The lowest BCUT2D eigenvalue weighted by Crippen LogP contribution is -2.37. The number of nitrogens with zero attached hydrogens (tertiary/aromatic N) is 6. The Labute approximate surface area is 367 Å². The molecule has 0 fully saturated rings. The molecule has 0 saturated carbocycles. The maximum absolute atomic E-state index is 9.00. The van der Waals surface area contributed by atoms with Crippen LogP contribution in [0.1, 0.15) is 41.6 Å². The van der Waals surface area contributed by atoms with Crippen molar-refractivity contribution in [2.45, 2.75) is 38.7 Å². The van der Waals surface area contributed by atoms with Crippen molar-refractivity contribution in [2.75, 3.05) is 0 Å². The van der Waals surface area contributed by atoms with Crippen LogP contribution in [0.15, 0.2) is 189 Å². The van der Waals surface area contributed by atoms with E-state index in [9.17, 15) is 0 Å². The highest BCUT2D eigenvalue weighted by atomic mass is 32.2. The molecule has 2 aliphatic rings. The molecule has 61 heavy (non-hydrogen) atoms. The molecule has 4 aromatic heterocycles. The fraction of sp³-hybridized carbons (Fsp3) is 0.0566. The molecular weight excluding hydrogens is 785 g/mol. The molecule has 8 heteroatoms. The van der Waals surface area contributed by atoms with Crippen LogP contribution in [-0.4, -0.2) is 27.9 Å². The van der Waals surface area contributed by atoms with E-state index in [1.807, 2.05) is 69.3 Å². The summed E-state index contributed by atoms with van der Waals surface area (Å²) in [6, 6.07) is 57.8. The Bertz CT molecular complexity index is 4050. The summed E-state index contributed by atoms with van der Waals surface area (Å²) in [7, 11) is 0. The first-order chi connectivity index (χ1) is 32.5. The number of imidazole rings is 4. The van der Waals surface area contributed by atoms with E-state index < -0.39 is 19.1 Å². The van der Waals surface area contributed by atoms with Gasteiger partial charge in [-0.1, -0.05) is 127 Å². The summed E-state index contributed by atoms with van der Waals surface area (Å²) in [6.45, 7) is -4.95. The molecule has 6 heterocycles. The van der Waals surface area contributed by atoms with Crippen LogP contribution < -0.4 is 0 Å². The Morgan fingerprint density at radius 3 is 1.62 bits per heavy atom. The van der Waals surface area contributed by atoms with Crippen molar-refractivity contribution in [3.05, 3.63) is 203 Å². The molecule has 2 aliphatic heterocycles. The molecule has 1 spiro atoms. The second kappa shape index (κ2) is 12.1. The molecule has 0 atom stereocenters. The maximum atomic E-state index is 9.00. The zero-order valence-electron chi connectivity index (χ0n) is 38.2. The van der Waals surface area contributed by atoms with Crippen molar-refractivity contribution in [3.63, 3.8) is 0 Å². The van der Waals surface area contributed by atoms with Crippen LogP contribution >= 0.6 is 23.5 Å². The van der Waals surface area contributed by atoms with E-state index in [0.29, 0.717) is 39.3 Å². The third-order valence-electron chi connectivity index (χ3n) is 12.7. The van der Waals surface area contributed by atoms with Gasteiger partial charge in [0.25, 0.3) is 0 Å². The van der Waals surface area contributed by atoms with Gasteiger partial charge < -0.3 is 0 Å². The largest absolute Gasteiger partial charge is 0.278 e. The summed E-state index contributed by atoms with van der Waals surface area (Å²) in [5, 5.41) is 0. The van der Waals surface area contributed by atoms with Gasteiger partial charge in [-0.25, -0.2) is 9.97 Å². The lowest BCUT2D eigenvalue weighted by molar-refractivity contribution is 0.665. The van der Waals surface area contributed by atoms with Gasteiger partial charge in [0.15, 0.2) is 0 Å². The summed E-state index contributed by atoms with van der Waals surface area (Å²) in [5.41, 5.74) is 11.4. The summed E-state index contributed by atoms with van der Waals surface area (Å²) >= 11 is 3.57. The molecule has 6 nitrogen and oxygen atoms in total. The zero-order valence-corrected chi connectivity index (χ0v) is 33.8. The SMILES string of the molecule is [2H]C([2H])([2H])c1cccc2c1nc1n(-c3cc(C([2H])([2H])[2H])c4nc5n(-c6cccc7c6Sc6ccccc6C76c7ccccc7Sc7ccccc76)c6ccccc6n5c4c3)c3ccccc3n21. The van der Waals surface area contributed by atoms with Gasteiger partial charge in [-0.3, -0.25) is 17.9 Å². The van der Waals surface area contributed by atoms with E-state index in [4.69, 9.17) is 18.2 Å². The van der Waals surface area contributed by atoms with Crippen LogP contribution in [0.25, 0.3) is 67.1 Å². The number of hydrogen-bond acceptors (Lipinski definition) is 4. The Morgan fingerprint density at radius 1 is 0.443 bits per heavy atom. The predicted octanol–water partition coefficient (Wildman–Crippen LogP) is 13.1. The molecule has 0 N–H and O–H groups in total. The van der Waals surface area contributed by atoms with Crippen molar-refractivity contribution in [3.8, 4) is 11.4 Å². The summed E-state index contributed by atoms with van der Waals surface area (Å²) < 4.78 is 60.2. The molecule has 14 rings (SSSR count). The lowest BCUT2D eigenvalue weighted by Gasteiger charge is -2.45. The third kappa shape index (κ3) is 4.25. The number of para-hydroxylation sites is 5. The molecule has 0 bridgehead atoms. The van der Waals surface area contributed by atoms with E-state index >= 15 is 0 Å². The molecule has 0 radical (unpaired) electrons. The van der Waals surface area contributed by atoms with Crippen molar-refractivity contribution in [2.24, 2.45) is 0 Å². The molecule has 288 valence electrons. The van der Waals surface area contributed by atoms with Gasteiger partial charge in [-0.05, 0) is 114 Å². The van der Waals surface area contributed by atoms with Crippen molar-refractivity contribution in [1.29, 1.82) is 0 Å². The molecular formula is C53H34N6S2. The summed E-state index contributed by atoms with van der Waals surface area (Å²) in [5.74, 6) is 1.05.